The molecule has 0 unspecified atom stereocenters. The predicted octanol–water partition coefficient (Wildman–Crippen LogP) is 2.98. The van der Waals surface area contributed by atoms with Crippen molar-refractivity contribution < 1.29 is 9.59 Å². The largest absolute Gasteiger partial charge is 0.335 e. The van der Waals surface area contributed by atoms with Gasteiger partial charge >= 0.3 is 6.03 Å². The lowest BCUT2D eigenvalue weighted by Crippen LogP contribution is -2.45. The maximum atomic E-state index is 11.8. The number of anilines is 1. The van der Waals surface area contributed by atoms with Gasteiger partial charge in [-0.1, -0.05) is 19.3 Å². The highest BCUT2D eigenvalue weighted by atomic mass is 32.2. The Morgan fingerprint density at radius 2 is 1.82 bits per heavy atom. The molecule has 3 amide bonds. The van der Waals surface area contributed by atoms with E-state index in [1.165, 1.54) is 6.42 Å². The maximum Gasteiger partial charge on any atom is 0.315 e. The van der Waals surface area contributed by atoms with E-state index in [0.717, 1.165) is 36.3 Å². The molecule has 0 aromatic heterocycles. The molecule has 2 rings (SSSR count). The van der Waals surface area contributed by atoms with Gasteiger partial charge in [-0.25, -0.2) is 4.79 Å². The normalized spacial score (nSPS) is 15.1. The summed E-state index contributed by atoms with van der Waals surface area (Å²) < 4.78 is 0. The van der Waals surface area contributed by atoms with Crippen LogP contribution in [0, 0.1) is 0 Å². The van der Waals surface area contributed by atoms with Gasteiger partial charge in [0.1, 0.15) is 0 Å². The van der Waals surface area contributed by atoms with E-state index in [9.17, 15) is 9.59 Å². The van der Waals surface area contributed by atoms with Gasteiger partial charge in [0.25, 0.3) is 0 Å². The van der Waals surface area contributed by atoms with Crippen LogP contribution in [-0.4, -0.2) is 30.8 Å². The fourth-order valence-corrected chi connectivity index (χ4v) is 2.93. The first-order chi connectivity index (χ1) is 10.7. The van der Waals surface area contributed by atoms with Crippen molar-refractivity contribution in [3.63, 3.8) is 0 Å². The van der Waals surface area contributed by atoms with Crippen molar-refractivity contribution in [3.8, 4) is 0 Å². The third-order valence-electron chi connectivity index (χ3n) is 3.72. The van der Waals surface area contributed by atoms with E-state index in [1.807, 2.05) is 30.5 Å². The molecule has 0 saturated heterocycles. The molecule has 22 heavy (non-hydrogen) atoms. The van der Waals surface area contributed by atoms with Crippen molar-refractivity contribution in [1.82, 2.24) is 10.6 Å². The van der Waals surface area contributed by atoms with Crippen molar-refractivity contribution in [2.24, 2.45) is 0 Å². The van der Waals surface area contributed by atoms with E-state index in [-0.39, 0.29) is 24.5 Å². The van der Waals surface area contributed by atoms with E-state index < -0.39 is 0 Å². The van der Waals surface area contributed by atoms with Gasteiger partial charge in [0.15, 0.2) is 0 Å². The molecule has 0 aliphatic heterocycles. The van der Waals surface area contributed by atoms with Gasteiger partial charge in [-0.3, -0.25) is 4.79 Å². The minimum atomic E-state index is -0.264. The van der Waals surface area contributed by atoms with Crippen LogP contribution in [-0.2, 0) is 4.79 Å². The number of nitrogens with one attached hydrogen (secondary N) is 3. The van der Waals surface area contributed by atoms with E-state index in [4.69, 9.17) is 0 Å². The Morgan fingerprint density at radius 3 is 2.45 bits per heavy atom. The van der Waals surface area contributed by atoms with Crippen molar-refractivity contribution in [3.05, 3.63) is 24.3 Å². The van der Waals surface area contributed by atoms with Gasteiger partial charge in [0.05, 0.1) is 6.54 Å². The molecule has 1 aromatic carbocycles. The van der Waals surface area contributed by atoms with E-state index in [0.29, 0.717) is 0 Å². The Hall–Kier alpha value is -1.69. The molecule has 1 aliphatic rings. The number of carbonyl (C=O) groups is 2. The van der Waals surface area contributed by atoms with Crippen molar-refractivity contribution in [2.75, 3.05) is 18.1 Å². The Labute approximate surface area is 135 Å². The molecule has 5 nitrogen and oxygen atoms in total. The van der Waals surface area contributed by atoms with Gasteiger partial charge < -0.3 is 16.0 Å². The summed E-state index contributed by atoms with van der Waals surface area (Å²) in [6.45, 7) is -0.0250. The Balaban J connectivity index is 1.68. The summed E-state index contributed by atoms with van der Waals surface area (Å²) >= 11 is 1.65. The van der Waals surface area contributed by atoms with Crippen LogP contribution in [0.25, 0.3) is 0 Å². The van der Waals surface area contributed by atoms with Crippen LogP contribution in [0.5, 0.6) is 0 Å². The fraction of sp³-hybridized carbons (Fsp3) is 0.500. The zero-order valence-electron chi connectivity index (χ0n) is 12.9. The number of hydrogen-bond acceptors (Lipinski definition) is 3. The minimum Gasteiger partial charge on any atom is -0.335 e. The highest BCUT2D eigenvalue weighted by Crippen LogP contribution is 2.18. The van der Waals surface area contributed by atoms with Crippen molar-refractivity contribution in [2.45, 2.75) is 43.0 Å². The van der Waals surface area contributed by atoms with E-state index in [1.54, 1.807) is 11.8 Å². The summed E-state index contributed by atoms with van der Waals surface area (Å²) in [7, 11) is 0. The van der Waals surface area contributed by atoms with Crippen LogP contribution in [0.15, 0.2) is 29.2 Å². The first-order valence-electron chi connectivity index (χ1n) is 7.65. The second kappa shape index (κ2) is 8.68. The zero-order valence-corrected chi connectivity index (χ0v) is 13.7. The molecule has 0 radical (unpaired) electrons. The van der Waals surface area contributed by atoms with Gasteiger partial charge in [-0.05, 0) is 43.4 Å². The van der Waals surface area contributed by atoms with E-state index >= 15 is 0 Å². The van der Waals surface area contributed by atoms with Crippen molar-refractivity contribution >= 4 is 29.4 Å². The third kappa shape index (κ3) is 5.60. The van der Waals surface area contributed by atoms with E-state index in [2.05, 4.69) is 16.0 Å². The topological polar surface area (TPSA) is 70.2 Å². The lowest BCUT2D eigenvalue weighted by atomic mass is 9.96. The summed E-state index contributed by atoms with van der Waals surface area (Å²) in [5.74, 6) is -0.226. The first kappa shape index (κ1) is 16.7. The quantitative estimate of drug-likeness (QED) is 0.730. The number of thioether (sulfide) groups is 1. The molecular weight excluding hydrogens is 298 g/mol. The lowest BCUT2D eigenvalue weighted by Gasteiger charge is -2.22. The molecule has 1 saturated carbocycles. The second-order valence-electron chi connectivity index (χ2n) is 5.44. The molecule has 1 aromatic rings. The van der Waals surface area contributed by atoms with Crippen LogP contribution in [0.4, 0.5) is 10.5 Å². The number of urea groups is 1. The van der Waals surface area contributed by atoms with Crippen molar-refractivity contribution in [1.29, 1.82) is 0 Å². The smallest absolute Gasteiger partial charge is 0.315 e. The van der Waals surface area contributed by atoms with Gasteiger partial charge in [-0.15, -0.1) is 11.8 Å². The number of benzene rings is 1. The standard InChI is InChI=1S/C16H23N3O2S/c1-22-14-9-7-13(8-10-14)18-15(20)11-17-16(21)19-12-5-3-2-4-6-12/h7-10,12H,2-6,11H2,1H3,(H,18,20)(H2,17,19,21). The second-order valence-corrected chi connectivity index (χ2v) is 6.32. The first-order valence-corrected chi connectivity index (χ1v) is 8.88. The van der Waals surface area contributed by atoms with Gasteiger partial charge in [0.2, 0.25) is 5.91 Å². The Morgan fingerprint density at radius 1 is 1.14 bits per heavy atom. The van der Waals surface area contributed by atoms with Crippen LogP contribution in [0.3, 0.4) is 0 Å². The molecule has 1 fully saturated rings. The monoisotopic (exact) mass is 321 g/mol. The zero-order chi connectivity index (χ0) is 15.8. The highest BCUT2D eigenvalue weighted by molar-refractivity contribution is 7.98. The maximum absolute atomic E-state index is 11.8. The number of amides is 3. The number of rotatable bonds is 5. The summed E-state index contributed by atoms with van der Waals surface area (Å²) in [5, 5.41) is 8.29. The average molecular weight is 321 g/mol. The van der Waals surface area contributed by atoms with Crippen LogP contribution < -0.4 is 16.0 Å². The lowest BCUT2D eigenvalue weighted by molar-refractivity contribution is -0.115. The molecule has 0 atom stereocenters. The summed E-state index contributed by atoms with van der Waals surface area (Å²) in [6, 6.07) is 7.58. The molecular formula is C16H23N3O2S. The number of hydrogen-bond donors (Lipinski definition) is 3. The predicted molar refractivity (Wildman–Crippen MR) is 90.3 cm³/mol. The molecule has 6 heteroatoms. The third-order valence-corrected chi connectivity index (χ3v) is 4.47. The van der Waals surface area contributed by atoms with Crippen LogP contribution in [0.1, 0.15) is 32.1 Å². The Bertz CT molecular complexity index is 499. The van der Waals surface area contributed by atoms with Crippen LogP contribution >= 0.6 is 11.8 Å². The molecule has 0 heterocycles. The summed E-state index contributed by atoms with van der Waals surface area (Å²) in [5.41, 5.74) is 0.734. The van der Waals surface area contributed by atoms with Gasteiger partial charge in [-0.2, -0.15) is 0 Å². The molecule has 1 aliphatic carbocycles. The summed E-state index contributed by atoms with van der Waals surface area (Å²) in [6.07, 6.45) is 7.64. The van der Waals surface area contributed by atoms with Crippen LogP contribution in [0.2, 0.25) is 0 Å². The highest BCUT2D eigenvalue weighted by Gasteiger charge is 2.15. The molecule has 0 bridgehead atoms. The minimum absolute atomic E-state index is 0.0250. The molecule has 3 N–H and O–H groups in total. The summed E-state index contributed by atoms with van der Waals surface area (Å²) in [4.78, 5) is 24.7. The average Bonchev–Trinajstić information content (AvgIpc) is 2.55. The Kier molecular flexibility index (Phi) is 6.58. The molecule has 0 spiro atoms. The molecule has 120 valence electrons. The SMILES string of the molecule is CSc1ccc(NC(=O)CNC(=O)NC2CCCCC2)cc1. The number of carbonyl (C=O) groups excluding carboxylic acids is 2. The van der Waals surface area contributed by atoms with Gasteiger partial charge in [0, 0.05) is 16.6 Å². The fourth-order valence-electron chi connectivity index (χ4n) is 2.52.